The minimum Gasteiger partial charge on any atom is -0.482 e. The first-order valence-corrected chi connectivity index (χ1v) is 24.4. The first kappa shape index (κ1) is 38.2. The summed E-state index contributed by atoms with van der Waals surface area (Å²) in [5.41, 5.74) is 19.0. The van der Waals surface area contributed by atoms with Gasteiger partial charge in [-0.2, -0.15) is 0 Å². The van der Waals surface area contributed by atoms with Gasteiger partial charge in [0.1, 0.15) is 22.5 Å². The fraction of sp³-hybridized carbons (Fsp3) is 0.333. The van der Waals surface area contributed by atoms with Crippen molar-refractivity contribution in [2.75, 3.05) is 9.80 Å². The van der Waals surface area contributed by atoms with E-state index in [0.717, 1.165) is 29.8 Å². The van der Waals surface area contributed by atoms with Crippen LogP contribution in [0.4, 0.5) is 22.7 Å². The second kappa shape index (κ2) is 13.1. The summed E-state index contributed by atoms with van der Waals surface area (Å²) in [6.07, 6.45) is 15.8. The normalized spacial score (nSPS) is 22.4. The van der Waals surface area contributed by atoms with Crippen LogP contribution in [0.25, 0.3) is 21.9 Å². The van der Waals surface area contributed by atoms with E-state index >= 15 is 0 Å². The monoisotopic (exact) mass is 842 g/mol. The summed E-state index contributed by atoms with van der Waals surface area (Å²) in [5, 5.41) is 2.39. The molecule has 0 bridgehead atoms. The number of hydrogen-bond donors (Lipinski definition) is 0. The average Bonchev–Trinajstić information content (AvgIpc) is 3.80. The Hall–Kier alpha value is -5.33. The number of nitrogens with zero attached hydrogens (tertiary/aromatic N) is 2. The number of allylic oxidation sites excluding steroid dienone is 5. The van der Waals surface area contributed by atoms with E-state index in [-0.39, 0.29) is 23.5 Å². The molecular weight excluding hydrogens is 788 g/mol. The zero-order valence-corrected chi connectivity index (χ0v) is 38.5. The Morgan fingerprint density at radius 2 is 1.51 bits per heavy atom. The number of fused-ring (bicyclic) bond motifs is 8. The van der Waals surface area contributed by atoms with Gasteiger partial charge in [-0.25, -0.2) is 0 Å². The number of furan rings is 1. The maximum atomic E-state index is 7.22. The first-order valence-electron chi connectivity index (χ1n) is 23.6. The quantitative estimate of drug-likeness (QED) is 0.166. The van der Waals surface area contributed by atoms with Crippen molar-refractivity contribution in [3.63, 3.8) is 0 Å². The Morgan fingerprint density at radius 1 is 0.762 bits per heavy atom. The molecule has 1 saturated carbocycles. The molecule has 0 radical (unpaired) electrons. The van der Waals surface area contributed by atoms with Crippen molar-refractivity contribution in [2.24, 2.45) is 5.41 Å². The van der Waals surface area contributed by atoms with E-state index in [1.165, 1.54) is 125 Å². The van der Waals surface area contributed by atoms with Gasteiger partial charge in [0.25, 0.3) is 6.71 Å². The van der Waals surface area contributed by atoms with E-state index in [4.69, 9.17) is 9.15 Å². The predicted molar refractivity (Wildman–Crippen MR) is 264 cm³/mol. The van der Waals surface area contributed by atoms with Gasteiger partial charge in [0.2, 0.25) is 0 Å². The smallest absolute Gasteiger partial charge is 0.254 e. The molecule has 5 heterocycles. The molecule has 5 aromatic carbocycles. The van der Waals surface area contributed by atoms with Gasteiger partial charge >= 0.3 is 0 Å². The average molecular weight is 843 g/mol. The summed E-state index contributed by atoms with van der Waals surface area (Å²) in [6.45, 7) is 16.7. The first-order chi connectivity index (χ1) is 30.4. The van der Waals surface area contributed by atoms with Gasteiger partial charge in [0, 0.05) is 44.3 Å². The molecular formula is C57H55BN2O2S. The van der Waals surface area contributed by atoms with Crippen molar-refractivity contribution in [2.45, 2.75) is 121 Å². The van der Waals surface area contributed by atoms with Crippen LogP contribution in [-0.4, -0.2) is 12.3 Å². The highest BCUT2D eigenvalue weighted by atomic mass is 32.2. The zero-order chi connectivity index (χ0) is 42.7. The van der Waals surface area contributed by atoms with Crippen molar-refractivity contribution in [3.05, 3.63) is 153 Å². The summed E-state index contributed by atoms with van der Waals surface area (Å²) in [5.74, 6) is 1.58. The summed E-state index contributed by atoms with van der Waals surface area (Å²) in [7, 11) is 0. The highest BCUT2D eigenvalue weighted by Gasteiger charge is 2.58. The number of thioether (sulfide) groups is 1. The Kier molecular flexibility index (Phi) is 7.95. The van der Waals surface area contributed by atoms with Crippen LogP contribution >= 0.6 is 11.8 Å². The molecule has 0 N–H and O–H groups in total. The third kappa shape index (κ3) is 5.31. The minimum absolute atomic E-state index is 0.0328. The number of ether oxygens (including phenoxy) is 1. The molecule has 0 amide bonds. The molecule has 13 rings (SSSR count). The van der Waals surface area contributed by atoms with Crippen molar-refractivity contribution < 1.29 is 9.15 Å². The molecule has 6 heteroatoms. The van der Waals surface area contributed by atoms with E-state index in [0.29, 0.717) is 5.92 Å². The zero-order valence-electron chi connectivity index (χ0n) is 37.7. The highest BCUT2D eigenvalue weighted by Crippen LogP contribution is 2.63. The summed E-state index contributed by atoms with van der Waals surface area (Å²) in [6, 6.07) is 34.5. The number of para-hydroxylation sites is 3. The lowest BCUT2D eigenvalue weighted by Gasteiger charge is -2.53. The molecule has 2 atom stereocenters. The molecule has 7 aliphatic rings. The van der Waals surface area contributed by atoms with Gasteiger partial charge in [-0.3, -0.25) is 0 Å². The molecule has 1 aromatic heterocycles. The minimum atomic E-state index is -0.562. The second-order valence-corrected chi connectivity index (χ2v) is 22.6. The Bertz CT molecular complexity index is 3130. The Morgan fingerprint density at radius 3 is 2.32 bits per heavy atom. The third-order valence-electron chi connectivity index (χ3n) is 15.4. The Balaban J connectivity index is 1.23. The van der Waals surface area contributed by atoms with Crippen LogP contribution in [0.3, 0.4) is 0 Å². The standard InChI is InChI=1S/C57H55BN2O2S/c1-55(2,3)37-23-13-15-25-39(37)59-41-29-34(33-19-9-8-10-20-33)30-42-50(41)58-51-43(59)32-57(7)49(36-22-12-18-28-45(36)62-57)54(51)63-47-31-46-48(35-21-11-17-27-44(35)61-46)53(52(47)58)60(42)40-26-16-14-24-38(40)56(4,5)6/h11-14,16-18,21-24,26-33,49H,8-10,15,19-20,25H2,1-7H3. The molecule has 0 saturated heterocycles. The van der Waals surface area contributed by atoms with Crippen molar-refractivity contribution in [1.82, 2.24) is 0 Å². The van der Waals surface area contributed by atoms with Gasteiger partial charge in [-0.1, -0.05) is 139 Å². The third-order valence-corrected chi connectivity index (χ3v) is 16.7. The second-order valence-electron chi connectivity index (χ2n) is 21.5. The summed E-state index contributed by atoms with van der Waals surface area (Å²) < 4.78 is 14.2. The largest absolute Gasteiger partial charge is 0.482 e. The molecule has 4 nitrogen and oxygen atoms in total. The van der Waals surface area contributed by atoms with Crippen LogP contribution < -0.4 is 25.5 Å². The lowest BCUT2D eigenvalue weighted by Crippen LogP contribution is -2.61. The van der Waals surface area contributed by atoms with E-state index in [1.54, 1.807) is 0 Å². The van der Waals surface area contributed by atoms with Gasteiger partial charge in [-0.05, 0) is 130 Å². The lowest BCUT2D eigenvalue weighted by molar-refractivity contribution is 0.152. The predicted octanol–water partition coefficient (Wildman–Crippen LogP) is 14.5. The molecule has 1 fully saturated rings. The van der Waals surface area contributed by atoms with Crippen molar-refractivity contribution in [1.29, 1.82) is 0 Å². The fourth-order valence-electron chi connectivity index (χ4n) is 12.8. The fourth-order valence-corrected chi connectivity index (χ4v) is 14.3. The molecule has 6 aromatic rings. The van der Waals surface area contributed by atoms with E-state index in [2.05, 4.69) is 167 Å². The molecule has 314 valence electrons. The van der Waals surface area contributed by atoms with Crippen molar-refractivity contribution >= 4 is 74.1 Å². The Labute approximate surface area is 376 Å². The van der Waals surface area contributed by atoms with Crippen molar-refractivity contribution in [3.8, 4) is 5.75 Å². The van der Waals surface area contributed by atoms with Crippen LogP contribution in [0, 0.1) is 5.41 Å². The van der Waals surface area contributed by atoms with Crippen LogP contribution in [0.1, 0.15) is 122 Å². The molecule has 63 heavy (non-hydrogen) atoms. The molecule has 2 unspecified atom stereocenters. The van der Waals surface area contributed by atoms with Crippen LogP contribution in [0.5, 0.6) is 5.75 Å². The molecule has 4 aliphatic heterocycles. The highest BCUT2D eigenvalue weighted by molar-refractivity contribution is 8.03. The topological polar surface area (TPSA) is 28.9 Å². The van der Waals surface area contributed by atoms with E-state index in [9.17, 15) is 0 Å². The SMILES string of the molecule is CC(C)(C)C1=C(N2C3=CC4(C)Oc5ccccc5C4C4=C3B3c5c2cc(C2CCCCC2)cc5N(c2ccccc2C(C)(C)C)c2c3c(cc3oc5ccccc5c23)S4)CCC=C1. The van der Waals surface area contributed by atoms with Gasteiger partial charge in [-0.15, -0.1) is 0 Å². The summed E-state index contributed by atoms with van der Waals surface area (Å²) >= 11 is 1.98. The maximum absolute atomic E-state index is 7.22. The molecule has 0 spiro atoms. The number of benzene rings is 5. The summed E-state index contributed by atoms with van der Waals surface area (Å²) in [4.78, 5) is 8.23. The van der Waals surface area contributed by atoms with Crippen LogP contribution in [0.15, 0.2) is 146 Å². The lowest BCUT2D eigenvalue weighted by atomic mass is 9.31. The number of hydrogen-bond acceptors (Lipinski definition) is 5. The van der Waals surface area contributed by atoms with E-state index in [1.807, 2.05) is 11.8 Å². The van der Waals surface area contributed by atoms with Crippen LogP contribution in [-0.2, 0) is 5.41 Å². The number of rotatable bonds is 3. The van der Waals surface area contributed by atoms with Gasteiger partial charge in [0.05, 0.1) is 17.0 Å². The van der Waals surface area contributed by atoms with Gasteiger partial charge in [0.15, 0.2) is 0 Å². The van der Waals surface area contributed by atoms with E-state index < -0.39 is 5.60 Å². The van der Waals surface area contributed by atoms with Crippen LogP contribution in [0.2, 0.25) is 0 Å². The maximum Gasteiger partial charge on any atom is 0.254 e. The van der Waals surface area contributed by atoms with Gasteiger partial charge < -0.3 is 19.0 Å². The number of anilines is 4. The molecule has 3 aliphatic carbocycles.